The third kappa shape index (κ3) is 17.0. The Morgan fingerprint density at radius 1 is 0.167 bits per heavy atom. The Balaban J connectivity index is 0.626. The van der Waals surface area contributed by atoms with Gasteiger partial charge in [0.05, 0.1) is 113 Å². The van der Waals surface area contributed by atoms with Gasteiger partial charge < -0.3 is 85.3 Å². The van der Waals surface area contributed by atoms with Crippen LogP contribution >= 0.6 is 0 Å². The third-order valence-corrected chi connectivity index (χ3v) is 21.5. The van der Waals surface area contributed by atoms with Crippen molar-refractivity contribution in [2.45, 2.75) is 118 Å². The van der Waals surface area contributed by atoms with Crippen molar-refractivity contribution in [1.29, 1.82) is 0 Å². The van der Waals surface area contributed by atoms with Crippen LogP contribution in [-0.2, 0) is 120 Å². The zero-order valence-corrected chi connectivity index (χ0v) is 63.4. The van der Waals surface area contributed by atoms with Crippen LogP contribution in [0.2, 0.25) is 0 Å². The van der Waals surface area contributed by atoms with Gasteiger partial charge in [0.2, 0.25) is 0 Å². The molecule has 6 fully saturated rings. The molecule has 22 aliphatic heterocycles. The maximum atomic E-state index is 13.4. The fraction of sp³-hybridized carbons (Fsp3) is 0.500. The second kappa shape index (κ2) is 29.8. The minimum atomic E-state index is -1.11. The topological polar surface area (TPSA) is 269 Å². The highest BCUT2D eigenvalue weighted by Gasteiger charge is 2.49. The number of hydrogen-bond acceptors (Lipinski definition) is 24. The van der Waals surface area contributed by atoms with E-state index in [4.69, 9.17) is 85.3 Å². The first-order chi connectivity index (χ1) is 51.1. The van der Waals surface area contributed by atoms with E-state index in [0.717, 1.165) is 33.4 Å². The lowest BCUT2D eigenvalue weighted by atomic mass is 9.90. The van der Waals surface area contributed by atoms with Crippen LogP contribution < -0.4 is 0 Å². The van der Waals surface area contributed by atoms with E-state index in [-0.39, 0.29) is 152 Å². The molecule has 108 heavy (non-hydrogen) atoms. The molecule has 0 N–H and O–H groups in total. The van der Waals surface area contributed by atoms with E-state index in [1.165, 1.54) is 72.8 Å². The Morgan fingerprint density at radius 3 is 0.370 bits per heavy atom. The first-order valence-corrected chi connectivity index (χ1v) is 36.4. The highest BCUT2D eigenvalue weighted by molar-refractivity contribution is 5.95. The summed E-state index contributed by atoms with van der Waals surface area (Å²) in [4.78, 5) is 80.2. The molecule has 24 nitrogen and oxygen atoms in total. The maximum absolute atomic E-state index is 13.4. The van der Waals surface area contributed by atoms with Crippen molar-refractivity contribution in [3.63, 3.8) is 0 Å². The zero-order valence-electron chi connectivity index (χ0n) is 63.4. The first kappa shape index (κ1) is 77.8. The number of carbonyl (C=O) groups excluding carboxylic acids is 6. The summed E-state index contributed by atoms with van der Waals surface area (Å²) in [7, 11) is 0. The molecule has 0 radical (unpaired) electrons. The number of rotatable bonds is 0. The molecule has 0 aliphatic carbocycles. The molecular formula is C84H96O24. The minimum Gasteiger partial charge on any atom is -0.461 e. The largest absolute Gasteiger partial charge is 0.461 e. The number of esters is 6. The van der Waals surface area contributed by atoms with E-state index in [9.17, 15) is 28.8 Å². The molecule has 576 valence electrons. The van der Waals surface area contributed by atoms with E-state index in [1.54, 1.807) is 0 Å². The van der Waals surface area contributed by atoms with Crippen molar-refractivity contribution < 1.29 is 114 Å². The maximum Gasteiger partial charge on any atom is 0.338 e. The van der Waals surface area contributed by atoms with Gasteiger partial charge in [-0.15, -0.1) is 0 Å². The van der Waals surface area contributed by atoms with E-state index < -0.39 is 103 Å². The van der Waals surface area contributed by atoms with Gasteiger partial charge in [-0.1, -0.05) is 114 Å². The molecule has 6 aromatic carbocycles. The molecule has 22 heterocycles. The smallest absolute Gasteiger partial charge is 0.338 e. The van der Waals surface area contributed by atoms with Crippen molar-refractivity contribution in [2.24, 2.45) is 32.5 Å². The molecule has 6 aromatic rings. The van der Waals surface area contributed by atoms with Crippen molar-refractivity contribution >= 4 is 35.8 Å². The Morgan fingerprint density at radius 2 is 0.269 bits per heavy atom. The van der Waals surface area contributed by atoms with Gasteiger partial charge in [-0.3, -0.25) is 0 Å². The Hall–Kier alpha value is -8.34. The fourth-order valence-corrected chi connectivity index (χ4v) is 13.1. The molecule has 0 saturated carbocycles. The number of fused-ring (bicyclic) bond motifs is 6. The minimum absolute atomic E-state index is 0.00228. The molecule has 6 saturated heterocycles. The monoisotopic (exact) mass is 1490 g/mol. The molecule has 0 spiro atoms. The van der Waals surface area contributed by atoms with Gasteiger partial charge in [0.15, 0.2) is 34.7 Å². The SMILES string of the molecule is CC12COC(=O)c3ccc(cc3)C(=O)OCC3(C)COC(C)(OC3)c3ccc(cc3)C3(C)OCC(C)(COC(=O)c4ccc(cc4)C(=O)OCC4(C)COC(C)(OC4)c4ccc(cc4)C4(C)OCC(C)(COC(=O)c5ccc(cc5)C(=O)OCC5(C)COC(C)(OC5)c5ccc(cc5)C(C)(OC1)OC2)CO4)CO3. The van der Waals surface area contributed by atoms with Crippen LogP contribution in [0, 0.1) is 32.5 Å². The molecule has 24 bridgehead atoms. The number of hydrogen-bond donors (Lipinski definition) is 0. The molecule has 0 unspecified atom stereocenters. The molecule has 0 aromatic heterocycles. The van der Waals surface area contributed by atoms with Crippen molar-refractivity contribution in [3.05, 3.63) is 212 Å². The van der Waals surface area contributed by atoms with Crippen molar-refractivity contribution in [3.8, 4) is 0 Å². The third-order valence-electron chi connectivity index (χ3n) is 21.5. The van der Waals surface area contributed by atoms with Crippen LogP contribution in [0.1, 0.15) is 179 Å². The number of ether oxygens (including phenoxy) is 18. The summed E-state index contributed by atoms with van der Waals surface area (Å²) in [6.45, 7) is 25.1. The molecular weight excluding hydrogens is 1390 g/mol. The lowest BCUT2D eigenvalue weighted by molar-refractivity contribution is -0.306. The molecule has 22 aliphatic rings. The summed E-state index contributed by atoms with van der Waals surface area (Å²) in [6, 6.07) is 40.9. The Labute approximate surface area is 628 Å². The average Bonchev–Trinajstić information content (AvgIpc) is 0.779. The van der Waals surface area contributed by atoms with Gasteiger partial charge in [0.25, 0.3) is 0 Å². The summed E-state index contributed by atoms with van der Waals surface area (Å²) in [5, 5.41) is 0. The van der Waals surface area contributed by atoms with Gasteiger partial charge in [-0.2, -0.15) is 0 Å². The lowest BCUT2D eigenvalue weighted by Crippen LogP contribution is -2.48. The number of carbonyl (C=O) groups is 6. The summed E-state index contributed by atoms with van der Waals surface area (Å²) in [6.07, 6.45) is 0. The Bertz CT molecular complexity index is 3530. The average molecular weight is 1490 g/mol. The zero-order chi connectivity index (χ0) is 76.8. The standard InChI is InChI=1S/C84H96O24/c1-73-37-91-67(85)55-13-15-56(16-14-55)68(86)92-38-74(2)47-101-81(9,102-48-74)63-29-31-64(32-30-63)82(10)103-49-77(5,50-104-82)41-95-71(89)59-21-23-60(24-22-59)72(90)96-42-78(6)53-107-84(12,108-54-78)66-35-33-65(34-36-66)83(11)105-51-76(4,52-106-83)40-94-70(88)58-19-17-57(18-20-58)69(87)93-39-75(3)45-99-80(8,100-46-75)62-27-25-61(26-28-62)79(7,97-43-73)98-44-73/h13-36H,37-54H2,1-12H3. The fourth-order valence-electron chi connectivity index (χ4n) is 13.1. The van der Waals surface area contributed by atoms with Crippen LogP contribution in [0.5, 0.6) is 0 Å². The molecule has 24 heteroatoms. The second-order valence-electron chi connectivity index (χ2n) is 32.9. The van der Waals surface area contributed by atoms with Gasteiger partial charge in [0.1, 0.15) is 39.6 Å². The Kier molecular flexibility index (Phi) is 21.5. The quantitative estimate of drug-likeness (QED) is 0.101. The normalized spacial score (nSPS) is 35.1. The van der Waals surface area contributed by atoms with Gasteiger partial charge in [0, 0.05) is 65.9 Å². The summed E-state index contributed by atoms with van der Waals surface area (Å²) in [5.74, 6) is -10.1. The highest BCUT2D eigenvalue weighted by atomic mass is 16.7. The van der Waals surface area contributed by atoms with Crippen molar-refractivity contribution in [2.75, 3.05) is 119 Å². The molecule has 0 atom stereocenters. The van der Waals surface area contributed by atoms with Gasteiger partial charge in [-0.25, -0.2) is 28.8 Å². The number of benzene rings is 6. The van der Waals surface area contributed by atoms with Gasteiger partial charge >= 0.3 is 35.8 Å². The summed E-state index contributed by atoms with van der Waals surface area (Å²) < 4.78 is 111. The van der Waals surface area contributed by atoms with E-state index in [2.05, 4.69) is 0 Å². The van der Waals surface area contributed by atoms with Crippen LogP contribution in [0.3, 0.4) is 0 Å². The van der Waals surface area contributed by atoms with Crippen LogP contribution in [0.15, 0.2) is 146 Å². The molecule has 28 rings (SSSR count). The van der Waals surface area contributed by atoms with Crippen LogP contribution in [-0.4, -0.2) is 155 Å². The van der Waals surface area contributed by atoms with Gasteiger partial charge in [-0.05, 0) is 114 Å². The van der Waals surface area contributed by atoms with E-state index in [0.29, 0.717) is 0 Å². The molecule has 0 amide bonds. The second-order valence-corrected chi connectivity index (χ2v) is 32.9. The predicted molar refractivity (Wildman–Crippen MR) is 385 cm³/mol. The lowest BCUT2D eigenvalue weighted by Gasteiger charge is -2.44. The van der Waals surface area contributed by atoms with Crippen LogP contribution in [0.25, 0.3) is 0 Å². The summed E-state index contributed by atoms with van der Waals surface area (Å²) in [5.41, 5.74) is 1.93. The highest BCUT2D eigenvalue weighted by Crippen LogP contribution is 2.45. The summed E-state index contributed by atoms with van der Waals surface area (Å²) >= 11 is 0. The predicted octanol–water partition coefficient (Wildman–Crippen LogP) is 12.5. The van der Waals surface area contributed by atoms with Crippen LogP contribution in [0.4, 0.5) is 0 Å². The first-order valence-electron chi connectivity index (χ1n) is 36.4. The van der Waals surface area contributed by atoms with Crippen molar-refractivity contribution in [1.82, 2.24) is 0 Å². The van der Waals surface area contributed by atoms with E-state index >= 15 is 0 Å². The van der Waals surface area contributed by atoms with E-state index in [1.807, 2.05) is 156 Å².